The predicted molar refractivity (Wildman–Crippen MR) is 48.4 cm³/mol. The molecule has 0 saturated carbocycles. The van der Waals surface area contributed by atoms with Gasteiger partial charge in [-0.25, -0.2) is 4.79 Å². The fourth-order valence-corrected chi connectivity index (χ4v) is 1.82. The van der Waals surface area contributed by atoms with Gasteiger partial charge in [-0.3, -0.25) is 0 Å². The third kappa shape index (κ3) is 2.34. The minimum atomic E-state index is -0.260. The smallest absolute Gasteiger partial charge is 0.409 e. The molecule has 1 N–H and O–H groups in total. The number of likely N-dealkylation sites (tertiary alicyclic amines) is 1. The summed E-state index contributed by atoms with van der Waals surface area (Å²) in [7, 11) is 1.40. The second-order valence-corrected chi connectivity index (χ2v) is 3.59. The molecule has 0 aromatic rings. The van der Waals surface area contributed by atoms with Gasteiger partial charge in [-0.2, -0.15) is 0 Å². The molecule has 0 spiro atoms. The SMILES string of the molecule is COC(=O)N1CC[C@H](CO)C[C@@H]1C. The minimum Gasteiger partial charge on any atom is -0.453 e. The first kappa shape index (κ1) is 10.3. The highest BCUT2D eigenvalue weighted by atomic mass is 16.5. The lowest BCUT2D eigenvalue weighted by Crippen LogP contribution is -2.45. The average Bonchev–Trinajstić information content (AvgIpc) is 2.16. The van der Waals surface area contributed by atoms with Gasteiger partial charge in [0.05, 0.1) is 7.11 Å². The fraction of sp³-hybridized carbons (Fsp3) is 0.889. The molecule has 13 heavy (non-hydrogen) atoms. The van der Waals surface area contributed by atoms with E-state index in [9.17, 15) is 4.79 Å². The van der Waals surface area contributed by atoms with Gasteiger partial charge in [-0.1, -0.05) is 0 Å². The Balaban J connectivity index is 2.48. The molecule has 1 heterocycles. The van der Waals surface area contributed by atoms with E-state index in [1.54, 1.807) is 4.90 Å². The second kappa shape index (κ2) is 4.46. The first-order valence-corrected chi connectivity index (χ1v) is 4.64. The van der Waals surface area contributed by atoms with Crippen LogP contribution in [0.3, 0.4) is 0 Å². The van der Waals surface area contributed by atoms with Gasteiger partial charge in [0.2, 0.25) is 0 Å². The van der Waals surface area contributed by atoms with Crippen LogP contribution in [0.1, 0.15) is 19.8 Å². The predicted octanol–water partition coefficient (Wildman–Crippen LogP) is 0.846. The Morgan fingerprint density at radius 3 is 2.85 bits per heavy atom. The number of carbonyl (C=O) groups is 1. The lowest BCUT2D eigenvalue weighted by Gasteiger charge is -2.35. The quantitative estimate of drug-likeness (QED) is 0.662. The van der Waals surface area contributed by atoms with Gasteiger partial charge in [0, 0.05) is 19.2 Å². The number of aliphatic hydroxyl groups is 1. The second-order valence-electron chi connectivity index (χ2n) is 3.59. The van der Waals surface area contributed by atoms with E-state index in [2.05, 4.69) is 4.74 Å². The number of methoxy groups -OCH3 is 1. The van der Waals surface area contributed by atoms with E-state index in [1.807, 2.05) is 6.92 Å². The van der Waals surface area contributed by atoms with Crippen LogP contribution >= 0.6 is 0 Å². The molecular formula is C9H17NO3. The lowest BCUT2D eigenvalue weighted by molar-refractivity contribution is 0.0672. The van der Waals surface area contributed by atoms with Crippen LogP contribution < -0.4 is 0 Å². The van der Waals surface area contributed by atoms with Crippen molar-refractivity contribution in [3.63, 3.8) is 0 Å². The minimum absolute atomic E-state index is 0.179. The van der Waals surface area contributed by atoms with Gasteiger partial charge in [-0.05, 0) is 25.7 Å². The molecule has 0 aromatic carbocycles. The Labute approximate surface area is 78.5 Å². The van der Waals surface area contributed by atoms with Crippen LogP contribution in [0.4, 0.5) is 4.79 Å². The van der Waals surface area contributed by atoms with Gasteiger partial charge in [0.1, 0.15) is 0 Å². The van der Waals surface area contributed by atoms with E-state index < -0.39 is 0 Å². The molecule has 1 fully saturated rings. The van der Waals surface area contributed by atoms with Gasteiger partial charge in [0.25, 0.3) is 0 Å². The van der Waals surface area contributed by atoms with Crippen molar-refractivity contribution in [3.8, 4) is 0 Å². The van der Waals surface area contributed by atoms with Crippen molar-refractivity contribution < 1.29 is 14.6 Å². The summed E-state index contributed by atoms with van der Waals surface area (Å²) in [6, 6.07) is 0.179. The molecule has 1 aliphatic rings. The van der Waals surface area contributed by atoms with Crippen LogP contribution in [-0.4, -0.2) is 42.4 Å². The number of aliphatic hydroxyl groups excluding tert-OH is 1. The van der Waals surface area contributed by atoms with E-state index in [0.29, 0.717) is 12.5 Å². The number of ether oxygens (including phenoxy) is 1. The van der Waals surface area contributed by atoms with Gasteiger partial charge in [-0.15, -0.1) is 0 Å². The molecular weight excluding hydrogens is 170 g/mol. The summed E-state index contributed by atoms with van der Waals surface area (Å²) in [5.41, 5.74) is 0. The van der Waals surface area contributed by atoms with Crippen molar-refractivity contribution >= 4 is 6.09 Å². The Bertz CT molecular complexity index is 184. The topological polar surface area (TPSA) is 49.8 Å². The van der Waals surface area contributed by atoms with Crippen molar-refractivity contribution in [2.45, 2.75) is 25.8 Å². The third-order valence-corrected chi connectivity index (χ3v) is 2.65. The van der Waals surface area contributed by atoms with Crippen molar-refractivity contribution in [2.24, 2.45) is 5.92 Å². The van der Waals surface area contributed by atoms with Gasteiger partial charge < -0.3 is 14.7 Å². The van der Waals surface area contributed by atoms with Crippen molar-refractivity contribution in [1.82, 2.24) is 4.90 Å². The number of carbonyl (C=O) groups excluding carboxylic acids is 1. The maximum atomic E-state index is 11.2. The number of rotatable bonds is 1. The zero-order valence-corrected chi connectivity index (χ0v) is 8.19. The number of amides is 1. The van der Waals surface area contributed by atoms with Crippen LogP contribution in [0.25, 0.3) is 0 Å². The number of hydrogen-bond acceptors (Lipinski definition) is 3. The van der Waals surface area contributed by atoms with Crippen molar-refractivity contribution in [2.75, 3.05) is 20.3 Å². The summed E-state index contributed by atoms with van der Waals surface area (Å²) in [6.45, 7) is 2.90. The number of piperidine rings is 1. The number of nitrogens with zero attached hydrogens (tertiary/aromatic N) is 1. The molecule has 4 heteroatoms. The Morgan fingerprint density at radius 1 is 1.69 bits per heavy atom. The molecule has 1 saturated heterocycles. The molecule has 0 bridgehead atoms. The monoisotopic (exact) mass is 187 g/mol. The lowest BCUT2D eigenvalue weighted by atomic mass is 9.93. The Kier molecular flexibility index (Phi) is 3.54. The van der Waals surface area contributed by atoms with Crippen LogP contribution in [0.5, 0.6) is 0 Å². The van der Waals surface area contributed by atoms with Crippen molar-refractivity contribution in [3.05, 3.63) is 0 Å². The summed E-state index contributed by atoms with van der Waals surface area (Å²) in [6.07, 6.45) is 1.48. The highest BCUT2D eigenvalue weighted by molar-refractivity contribution is 5.67. The summed E-state index contributed by atoms with van der Waals surface area (Å²) >= 11 is 0. The van der Waals surface area contributed by atoms with E-state index in [1.165, 1.54) is 7.11 Å². The fourth-order valence-electron chi connectivity index (χ4n) is 1.82. The maximum Gasteiger partial charge on any atom is 0.409 e. The third-order valence-electron chi connectivity index (χ3n) is 2.65. The standard InChI is InChI=1S/C9H17NO3/c1-7-5-8(6-11)3-4-10(7)9(12)13-2/h7-8,11H,3-6H2,1-2H3/t7-,8-/m0/s1. The molecule has 1 amide bonds. The Morgan fingerprint density at radius 2 is 2.38 bits per heavy atom. The molecule has 76 valence electrons. The van der Waals surface area contributed by atoms with Gasteiger partial charge in [0.15, 0.2) is 0 Å². The largest absolute Gasteiger partial charge is 0.453 e. The molecule has 0 radical (unpaired) electrons. The van der Waals surface area contributed by atoms with E-state index in [4.69, 9.17) is 5.11 Å². The molecule has 1 aliphatic heterocycles. The molecule has 0 unspecified atom stereocenters. The molecule has 4 nitrogen and oxygen atoms in total. The first-order chi connectivity index (χ1) is 6.19. The Hall–Kier alpha value is -0.770. The van der Waals surface area contributed by atoms with Crippen LogP contribution in [0.2, 0.25) is 0 Å². The summed E-state index contributed by atoms with van der Waals surface area (Å²) in [4.78, 5) is 12.9. The summed E-state index contributed by atoms with van der Waals surface area (Å²) < 4.78 is 4.65. The zero-order valence-electron chi connectivity index (χ0n) is 8.19. The van der Waals surface area contributed by atoms with E-state index in [-0.39, 0.29) is 18.7 Å². The first-order valence-electron chi connectivity index (χ1n) is 4.64. The van der Waals surface area contributed by atoms with Gasteiger partial charge >= 0.3 is 6.09 Å². The van der Waals surface area contributed by atoms with Crippen LogP contribution in [0.15, 0.2) is 0 Å². The van der Waals surface area contributed by atoms with E-state index >= 15 is 0 Å². The maximum absolute atomic E-state index is 11.2. The highest BCUT2D eigenvalue weighted by Crippen LogP contribution is 2.22. The van der Waals surface area contributed by atoms with Crippen LogP contribution in [-0.2, 0) is 4.74 Å². The van der Waals surface area contributed by atoms with Crippen molar-refractivity contribution in [1.29, 1.82) is 0 Å². The molecule has 2 atom stereocenters. The normalized spacial score (nSPS) is 28.7. The summed E-state index contributed by atoms with van der Waals surface area (Å²) in [5.74, 6) is 0.343. The van der Waals surface area contributed by atoms with Crippen LogP contribution in [0, 0.1) is 5.92 Å². The highest BCUT2D eigenvalue weighted by Gasteiger charge is 2.28. The molecule has 0 aliphatic carbocycles. The van der Waals surface area contributed by atoms with E-state index in [0.717, 1.165) is 12.8 Å². The average molecular weight is 187 g/mol. The zero-order chi connectivity index (χ0) is 9.84. The number of hydrogen-bond donors (Lipinski definition) is 1. The molecule has 0 aromatic heterocycles. The summed E-state index contributed by atoms with van der Waals surface area (Å²) in [5, 5.41) is 8.96. The molecule has 1 rings (SSSR count).